The smallest absolute Gasteiger partial charge is 0.361 e. The van der Waals surface area contributed by atoms with Gasteiger partial charge in [-0.05, 0) is 30.5 Å². The van der Waals surface area contributed by atoms with E-state index in [-0.39, 0.29) is 18.1 Å². The molecule has 5 nitrogen and oxygen atoms in total. The number of aromatic nitrogens is 1. The molecule has 0 spiro atoms. The van der Waals surface area contributed by atoms with Crippen LogP contribution in [0.5, 0.6) is 0 Å². The van der Waals surface area contributed by atoms with Gasteiger partial charge < -0.3 is 9.15 Å². The fourth-order valence-corrected chi connectivity index (χ4v) is 2.65. The number of carbonyl (C=O) groups is 2. The van der Waals surface area contributed by atoms with E-state index < -0.39 is 5.97 Å². The first-order chi connectivity index (χ1) is 11.1. The van der Waals surface area contributed by atoms with Crippen molar-refractivity contribution in [3.63, 3.8) is 0 Å². The highest BCUT2D eigenvalue weighted by Gasteiger charge is 2.20. The fourth-order valence-electron chi connectivity index (χ4n) is 2.00. The Kier molecular flexibility index (Phi) is 4.34. The summed E-state index contributed by atoms with van der Waals surface area (Å²) in [5.74, 6) is -0.201. The van der Waals surface area contributed by atoms with E-state index in [1.165, 1.54) is 11.3 Å². The highest BCUT2D eigenvalue weighted by molar-refractivity contribution is 7.12. The van der Waals surface area contributed by atoms with Gasteiger partial charge in [-0.3, -0.25) is 4.79 Å². The Morgan fingerprint density at radius 3 is 2.65 bits per heavy atom. The summed E-state index contributed by atoms with van der Waals surface area (Å²) in [4.78, 5) is 28.7. The molecule has 0 aliphatic carbocycles. The number of ketones is 1. The van der Waals surface area contributed by atoms with Gasteiger partial charge in [0.15, 0.2) is 12.3 Å². The van der Waals surface area contributed by atoms with E-state index in [0.29, 0.717) is 16.5 Å². The third-order valence-electron chi connectivity index (χ3n) is 3.14. The largest absolute Gasteiger partial charge is 0.452 e. The van der Waals surface area contributed by atoms with Crippen molar-refractivity contribution in [1.29, 1.82) is 0 Å². The van der Waals surface area contributed by atoms with Crippen molar-refractivity contribution in [2.45, 2.75) is 6.92 Å². The lowest BCUT2D eigenvalue weighted by Gasteiger charge is -2.00. The molecule has 1 aromatic carbocycles. The quantitative estimate of drug-likeness (QED) is 0.527. The molecule has 0 atom stereocenters. The van der Waals surface area contributed by atoms with Gasteiger partial charge in [0.1, 0.15) is 5.76 Å². The molecule has 0 amide bonds. The molecule has 116 valence electrons. The van der Waals surface area contributed by atoms with E-state index in [9.17, 15) is 9.59 Å². The number of aryl methyl sites for hydroxylation is 1. The lowest BCUT2D eigenvalue weighted by Crippen LogP contribution is -2.14. The number of thiophene rings is 1. The second kappa shape index (κ2) is 6.58. The van der Waals surface area contributed by atoms with Gasteiger partial charge in [0.2, 0.25) is 11.7 Å². The summed E-state index contributed by atoms with van der Waals surface area (Å²) < 4.78 is 10.5. The maximum atomic E-state index is 12.1. The lowest BCUT2D eigenvalue weighted by molar-refractivity contribution is 0.0469. The molecule has 0 saturated carbocycles. The van der Waals surface area contributed by atoms with Crippen LogP contribution in [0, 0.1) is 6.92 Å². The van der Waals surface area contributed by atoms with E-state index >= 15 is 0 Å². The minimum absolute atomic E-state index is 0.0860. The number of Topliss-reactive ketones (excluding diaryl/α,β-unsaturated/α-hetero) is 1. The second-order valence-corrected chi connectivity index (χ2v) is 5.71. The van der Waals surface area contributed by atoms with Gasteiger partial charge in [0.25, 0.3) is 0 Å². The number of oxazole rings is 1. The minimum Gasteiger partial charge on any atom is -0.452 e. The zero-order valence-corrected chi connectivity index (χ0v) is 13.1. The lowest BCUT2D eigenvalue weighted by atomic mass is 10.2. The molecule has 3 rings (SSSR count). The number of benzene rings is 1. The first-order valence-electron chi connectivity index (χ1n) is 6.92. The molecule has 0 fully saturated rings. The van der Waals surface area contributed by atoms with Crippen LogP contribution in [0.4, 0.5) is 0 Å². The van der Waals surface area contributed by atoms with E-state index in [1.54, 1.807) is 24.4 Å². The Bertz CT molecular complexity index is 822. The summed E-state index contributed by atoms with van der Waals surface area (Å²) in [5.41, 5.74) is 0.854. The zero-order valence-electron chi connectivity index (χ0n) is 12.3. The highest BCUT2D eigenvalue weighted by Crippen LogP contribution is 2.22. The van der Waals surface area contributed by atoms with Crippen molar-refractivity contribution in [3.05, 3.63) is 64.2 Å². The predicted octanol–water partition coefficient (Wildman–Crippen LogP) is 3.75. The summed E-state index contributed by atoms with van der Waals surface area (Å²) in [5, 5.41) is 1.79. The molecule has 0 radical (unpaired) electrons. The van der Waals surface area contributed by atoms with Gasteiger partial charge in [-0.2, -0.15) is 0 Å². The molecule has 0 unspecified atom stereocenters. The Morgan fingerprint density at radius 2 is 1.96 bits per heavy atom. The number of carbonyl (C=O) groups excluding carboxylic acids is 2. The van der Waals surface area contributed by atoms with Gasteiger partial charge in [-0.15, -0.1) is 11.3 Å². The van der Waals surface area contributed by atoms with Crippen molar-refractivity contribution >= 4 is 23.1 Å². The Balaban J connectivity index is 1.70. The number of nitrogens with zero attached hydrogens (tertiary/aromatic N) is 1. The molecular weight excluding hydrogens is 314 g/mol. The molecule has 0 N–H and O–H groups in total. The number of esters is 1. The van der Waals surface area contributed by atoms with Crippen LogP contribution in [-0.4, -0.2) is 23.3 Å². The maximum Gasteiger partial charge on any atom is 0.361 e. The molecule has 2 heterocycles. The summed E-state index contributed by atoms with van der Waals surface area (Å²) in [6, 6.07) is 12.7. The molecule has 0 aliphatic heterocycles. The van der Waals surface area contributed by atoms with Crippen molar-refractivity contribution in [1.82, 2.24) is 4.98 Å². The molecule has 6 heteroatoms. The molecule has 0 bridgehead atoms. The van der Waals surface area contributed by atoms with Gasteiger partial charge in [-0.25, -0.2) is 9.78 Å². The van der Waals surface area contributed by atoms with Crippen LogP contribution in [0.3, 0.4) is 0 Å². The fraction of sp³-hybridized carbons (Fsp3) is 0.118. The number of ether oxygens (including phenoxy) is 1. The number of hydrogen-bond acceptors (Lipinski definition) is 6. The first-order valence-corrected chi connectivity index (χ1v) is 7.80. The van der Waals surface area contributed by atoms with Gasteiger partial charge in [0, 0.05) is 5.56 Å². The third kappa shape index (κ3) is 3.37. The third-order valence-corrected chi connectivity index (χ3v) is 4.05. The normalized spacial score (nSPS) is 10.5. The monoisotopic (exact) mass is 327 g/mol. The van der Waals surface area contributed by atoms with Crippen LogP contribution in [0.2, 0.25) is 0 Å². The number of rotatable bonds is 5. The molecule has 0 saturated heterocycles. The number of hydrogen-bond donors (Lipinski definition) is 0. The van der Waals surface area contributed by atoms with E-state index in [0.717, 1.165) is 5.56 Å². The van der Waals surface area contributed by atoms with Crippen LogP contribution in [0.15, 0.2) is 52.3 Å². The predicted molar refractivity (Wildman–Crippen MR) is 85.6 cm³/mol. The molecule has 0 aliphatic rings. The van der Waals surface area contributed by atoms with Crippen molar-refractivity contribution < 1.29 is 18.7 Å². The van der Waals surface area contributed by atoms with E-state index in [1.807, 2.05) is 30.3 Å². The SMILES string of the molecule is Cc1oc(-c2ccccc2)nc1C(=O)OCC(=O)c1cccs1. The Morgan fingerprint density at radius 1 is 1.17 bits per heavy atom. The minimum atomic E-state index is -0.668. The van der Waals surface area contributed by atoms with E-state index in [4.69, 9.17) is 9.15 Å². The summed E-state index contributed by atoms with van der Waals surface area (Å²) in [6.45, 7) is 1.32. The van der Waals surface area contributed by atoms with Crippen molar-refractivity contribution in [3.8, 4) is 11.5 Å². The van der Waals surface area contributed by atoms with Crippen LogP contribution in [0.25, 0.3) is 11.5 Å². The van der Waals surface area contributed by atoms with E-state index in [2.05, 4.69) is 4.98 Å². The van der Waals surface area contributed by atoms with Crippen molar-refractivity contribution in [2.75, 3.05) is 6.61 Å². The summed E-state index contributed by atoms with van der Waals surface area (Å²) in [6.07, 6.45) is 0. The van der Waals surface area contributed by atoms with Gasteiger partial charge in [-0.1, -0.05) is 24.3 Å². The summed E-state index contributed by atoms with van der Waals surface area (Å²) in [7, 11) is 0. The summed E-state index contributed by atoms with van der Waals surface area (Å²) >= 11 is 1.31. The molecule has 3 aromatic rings. The average molecular weight is 327 g/mol. The molecular formula is C17H13NO4S. The second-order valence-electron chi connectivity index (χ2n) is 4.77. The molecule has 23 heavy (non-hydrogen) atoms. The Labute approximate surface area is 136 Å². The zero-order chi connectivity index (χ0) is 16.2. The van der Waals surface area contributed by atoms with Crippen molar-refractivity contribution in [2.24, 2.45) is 0 Å². The standard InChI is InChI=1S/C17H13NO4S/c1-11-15(18-16(22-11)12-6-3-2-4-7-12)17(20)21-10-13(19)14-8-5-9-23-14/h2-9H,10H2,1H3. The van der Waals surface area contributed by atoms with Crippen LogP contribution in [-0.2, 0) is 4.74 Å². The Hall–Kier alpha value is -2.73. The van der Waals surface area contributed by atoms with Crippen LogP contribution < -0.4 is 0 Å². The topological polar surface area (TPSA) is 69.4 Å². The molecule has 2 aromatic heterocycles. The van der Waals surface area contributed by atoms with Crippen LogP contribution >= 0.6 is 11.3 Å². The first kappa shape index (κ1) is 15.2. The average Bonchev–Trinajstić information content (AvgIpc) is 3.23. The van der Waals surface area contributed by atoms with Gasteiger partial charge in [0.05, 0.1) is 4.88 Å². The maximum absolute atomic E-state index is 12.1. The highest BCUT2D eigenvalue weighted by atomic mass is 32.1. The van der Waals surface area contributed by atoms with Gasteiger partial charge >= 0.3 is 5.97 Å². The van der Waals surface area contributed by atoms with Crippen LogP contribution in [0.1, 0.15) is 25.9 Å².